The summed E-state index contributed by atoms with van der Waals surface area (Å²) in [5.41, 5.74) is 2.39. The van der Waals surface area contributed by atoms with Crippen molar-refractivity contribution in [1.82, 2.24) is 0 Å². The standard InChI is InChI=1S/C20H17ClN2O4S/c21-18-12-15(14-4-2-1-3-5-14)6-11-19(18)27-13-20(24)23-16-7-9-17(10-8-16)28(22,25)26/h1-12H,13H2,(H,23,24)(H2,22,25,26). The monoisotopic (exact) mass is 416 g/mol. The lowest BCUT2D eigenvalue weighted by Crippen LogP contribution is -2.20. The molecule has 0 bridgehead atoms. The summed E-state index contributed by atoms with van der Waals surface area (Å²) in [7, 11) is -3.77. The van der Waals surface area contributed by atoms with Gasteiger partial charge in [-0.05, 0) is 47.5 Å². The maximum Gasteiger partial charge on any atom is 0.262 e. The third-order valence-corrected chi connectivity index (χ3v) is 5.09. The van der Waals surface area contributed by atoms with Crippen molar-refractivity contribution in [2.75, 3.05) is 11.9 Å². The summed E-state index contributed by atoms with van der Waals surface area (Å²) in [6.45, 7) is -0.249. The van der Waals surface area contributed by atoms with Crippen LogP contribution in [0.5, 0.6) is 5.75 Å². The maximum atomic E-state index is 12.0. The Hall–Kier alpha value is -2.87. The molecule has 28 heavy (non-hydrogen) atoms. The molecular formula is C20H17ClN2O4S. The average Bonchev–Trinajstić information content (AvgIpc) is 2.67. The van der Waals surface area contributed by atoms with Crippen LogP contribution < -0.4 is 15.2 Å². The number of ether oxygens (including phenoxy) is 1. The van der Waals surface area contributed by atoms with Gasteiger partial charge in [0, 0.05) is 5.69 Å². The fraction of sp³-hybridized carbons (Fsp3) is 0.0500. The molecule has 3 rings (SSSR count). The highest BCUT2D eigenvalue weighted by Gasteiger charge is 2.10. The Morgan fingerprint density at radius 1 is 0.964 bits per heavy atom. The number of primary sulfonamides is 1. The SMILES string of the molecule is NS(=O)(=O)c1ccc(NC(=O)COc2ccc(-c3ccccc3)cc2Cl)cc1. The molecule has 6 nitrogen and oxygen atoms in total. The predicted molar refractivity (Wildman–Crippen MR) is 109 cm³/mol. The minimum Gasteiger partial charge on any atom is -0.482 e. The molecule has 0 saturated heterocycles. The van der Waals surface area contributed by atoms with Gasteiger partial charge in [-0.15, -0.1) is 0 Å². The Morgan fingerprint density at radius 3 is 2.25 bits per heavy atom. The molecule has 0 aromatic heterocycles. The van der Waals surface area contributed by atoms with E-state index in [9.17, 15) is 13.2 Å². The molecule has 0 saturated carbocycles. The quantitative estimate of drug-likeness (QED) is 0.640. The van der Waals surface area contributed by atoms with Crippen molar-refractivity contribution >= 4 is 33.2 Å². The maximum absolute atomic E-state index is 12.0. The van der Waals surface area contributed by atoms with Crippen molar-refractivity contribution in [2.24, 2.45) is 5.14 Å². The zero-order valence-corrected chi connectivity index (χ0v) is 16.2. The summed E-state index contributed by atoms with van der Waals surface area (Å²) in [5, 5.41) is 8.03. The van der Waals surface area contributed by atoms with Crippen molar-refractivity contribution < 1.29 is 17.9 Å². The van der Waals surface area contributed by atoms with Crippen LogP contribution in [0.2, 0.25) is 5.02 Å². The molecule has 3 aromatic rings. The summed E-state index contributed by atoms with van der Waals surface area (Å²) in [5.74, 6) is -0.0207. The Morgan fingerprint density at radius 2 is 1.64 bits per heavy atom. The van der Waals surface area contributed by atoms with E-state index in [1.807, 2.05) is 36.4 Å². The Labute approximate surface area is 168 Å². The van der Waals surface area contributed by atoms with Gasteiger partial charge in [-0.2, -0.15) is 0 Å². The van der Waals surface area contributed by atoms with E-state index in [0.29, 0.717) is 16.5 Å². The Balaban J connectivity index is 1.60. The molecule has 3 N–H and O–H groups in total. The number of nitrogens with one attached hydrogen (secondary N) is 1. The molecule has 0 unspecified atom stereocenters. The number of benzene rings is 3. The van der Waals surface area contributed by atoms with Crippen LogP contribution in [-0.4, -0.2) is 20.9 Å². The van der Waals surface area contributed by atoms with E-state index in [-0.39, 0.29) is 11.5 Å². The van der Waals surface area contributed by atoms with Gasteiger partial charge in [0.05, 0.1) is 9.92 Å². The third-order valence-electron chi connectivity index (χ3n) is 3.86. The van der Waals surface area contributed by atoms with Crippen LogP contribution >= 0.6 is 11.6 Å². The minimum absolute atomic E-state index is 0.0352. The van der Waals surface area contributed by atoms with Gasteiger partial charge in [0.1, 0.15) is 5.75 Å². The first-order valence-electron chi connectivity index (χ1n) is 8.23. The van der Waals surface area contributed by atoms with E-state index in [1.165, 1.54) is 24.3 Å². The number of carbonyl (C=O) groups excluding carboxylic acids is 1. The van der Waals surface area contributed by atoms with Gasteiger partial charge in [-0.1, -0.05) is 48.0 Å². The largest absolute Gasteiger partial charge is 0.482 e. The van der Waals surface area contributed by atoms with Gasteiger partial charge in [0.25, 0.3) is 5.91 Å². The summed E-state index contributed by atoms with van der Waals surface area (Å²) < 4.78 is 27.9. The van der Waals surface area contributed by atoms with Crippen LogP contribution in [-0.2, 0) is 14.8 Å². The minimum atomic E-state index is -3.77. The highest BCUT2D eigenvalue weighted by molar-refractivity contribution is 7.89. The second-order valence-electron chi connectivity index (χ2n) is 5.92. The second-order valence-corrected chi connectivity index (χ2v) is 7.89. The number of halogens is 1. The van der Waals surface area contributed by atoms with Gasteiger partial charge in [0.2, 0.25) is 10.0 Å². The number of amides is 1. The first-order valence-corrected chi connectivity index (χ1v) is 10.2. The molecule has 8 heteroatoms. The predicted octanol–water partition coefficient (Wildman–Crippen LogP) is 3.67. The lowest BCUT2D eigenvalue weighted by atomic mass is 10.1. The zero-order valence-electron chi connectivity index (χ0n) is 14.6. The fourth-order valence-electron chi connectivity index (χ4n) is 2.50. The van der Waals surface area contributed by atoms with E-state index >= 15 is 0 Å². The summed E-state index contributed by atoms with van der Waals surface area (Å²) in [6.07, 6.45) is 0. The highest BCUT2D eigenvalue weighted by Crippen LogP contribution is 2.30. The molecule has 144 valence electrons. The van der Waals surface area contributed by atoms with E-state index < -0.39 is 15.9 Å². The molecule has 0 radical (unpaired) electrons. The topological polar surface area (TPSA) is 98.5 Å². The first-order chi connectivity index (χ1) is 13.3. The van der Waals surface area contributed by atoms with Crippen LogP contribution in [0.25, 0.3) is 11.1 Å². The zero-order chi connectivity index (χ0) is 20.1. The van der Waals surface area contributed by atoms with Gasteiger partial charge in [0.15, 0.2) is 6.61 Å². The number of anilines is 1. The lowest BCUT2D eigenvalue weighted by molar-refractivity contribution is -0.118. The number of nitrogens with two attached hydrogens (primary N) is 1. The molecule has 0 spiro atoms. The number of hydrogen-bond donors (Lipinski definition) is 2. The summed E-state index contributed by atoms with van der Waals surface area (Å²) >= 11 is 6.26. The Bertz CT molecular complexity index is 1080. The van der Waals surface area contributed by atoms with Crippen molar-refractivity contribution in [1.29, 1.82) is 0 Å². The molecule has 0 aliphatic heterocycles. The van der Waals surface area contributed by atoms with Crippen LogP contribution in [0.1, 0.15) is 0 Å². The van der Waals surface area contributed by atoms with Crippen molar-refractivity contribution in [3.63, 3.8) is 0 Å². The van der Waals surface area contributed by atoms with Crippen LogP contribution in [0.15, 0.2) is 77.7 Å². The smallest absolute Gasteiger partial charge is 0.262 e. The van der Waals surface area contributed by atoms with Gasteiger partial charge in [-0.3, -0.25) is 4.79 Å². The number of rotatable bonds is 6. The molecule has 0 fully saturated rings. The fourth-order valence-corrected chi connectivity index (χ4v) is 3.25. The number of hydrogen-bond acceptors (Lipinski definition) is 4. The van der Waals surface area contributed by atoms with E-state index in [4.69, 9.17) is 21.5 Å². The first kappa shape index (κ1) is 19.9. The van der Waals surface area contributed by atoms with Crippen LogP contribution in [0.4, 0.5) is 5.69 Å². The highest BCUT2D eigenvalue weighted by atomic mass is 35.5. The molecule has 3 aromatic carbocycles. The van der Waals surface area contributed by atoms with E-state index in [2.05, 4.69) is 5.32 Å². The number of carbonyl (C=O) groups is 1. The molecule has 1 amide bonds. The van der Waals surface area contributed by atoms with Crippen molar-refractivity contribution in [3.05, 3.63) is 77.8 Å². The molecule has 0 heterocycles. The molecular weight excluding hydrogens is 400 g/mol. The number of sulfonamides is 1. The normalized spacial score (nSPS) is 11.1. The van der Waals surface area contributed by atoms with E-state index in [1.54, 1.807) is 12.1 Å². The third kappa shape index (κ3) is 5.10. The summed E-state index contributed by atoms with van der Waals surface area (Å²) in [4.78, 5) is 12.0. The average molecular weight is 417 g/mol. The Kier molecular flexibility index (Phi) is 5.99. The van der Waals surface area contributed by atoms with Crippen LogP contribution in [0, 0.1) is 0 Å². The van der Waals surface area contributed by atoms with Crippen molar-refractivity contribution in [3.8, 4) is 16.9 Å². The molecule has 0 atom stereocenters. The molecule has 0 aliphatic rings. The lowest BCUT2D eigenvalue weighted by Gasteiger charge is -2.10. The van der Waals surface area contributed by atoms with Gasteiger partial charge < -0.3 is 10.1 Å². The van der Waals surface area contributed by atoms with E-state index in [0.717, 1.165) is 11.1 Å². The van der Waals surface area contributed by atoms with Gasteiger partial charge >= 0.3 is 0 Å². The van der Waals surface area contributed by atoms with Crippen molar-refractivity contribution in [2.45, 2.75) is 4.90 Å². The van der Waals surface area contributed by atoms with Crippen LogP contribution in [0.3, 0.4) is 0 Å². The molecule has 0 aliphatic carbocycles. The second kappa shape index (κ2) is 8.43. The van der Waals surface area contributed by atoms with Gasteiger partial charge in [-0.25, -0.2) is 13.6 Å². The summed E-state index contributed by atoms with van der Waals surface area (Å²) in [6, 6.07) is 20.6.